The summed E-state index contributed by atoms with van der Waals surface area (Å²) >= 11 is 9.47. The molecule has 0 saturated heterocycles. The number of nitrogens with one attached hydrogen (secondary N) is 1. The van der Waals surface area contributed by atoms with Gasteiger partial charge < -0.3 is 5.32 Å². The summed E-state index contributed by atoms with van der Waals surface area (Å²) in [5, 5.41) is 7.59. The Morgan fingerprint density at radius 3 is 2.65 bits per heavy atom. The van der Waals surface area contributed by atoms with Gasteiger partial charge >= 0.3 is 0 Å². The summed E-state index contributed by atoms with van der Waals surface area (Å²) < 4.78 is 2.59. The van der Waals surface area contributed by atoms with E-state index >= 15 is 0 Å². The number of nitrogens with zero attached hydrogens (tertiary/aromatic N) is 2. The molecule has 0 saturated carbocycles. The molecule has 4 nitrogen and oxygen atoms in total. The number of carbonyl (C=O) groups is 1. The Morgan fingerprint density at radius 2 is 1.96 bits per heavy atom. The number of carbonyl (C=O) groups excluding carboxylic acids is 1. The maximum Gasteiger partial charge on any atom is 0.259 e. The van der Waals surface area contributed by atoms with Gasteiger partial charge in [0, 0.05) is 4.47 Å². The molecule has 0 unspecified atom stereocenters. The lowest BCUT2D eigenvalue weighted by Crippen LogP contribution is -2.13. The molecule has 6 heteroatoms. The van der Waals surface area contributed by atoms with Crippen molar-refractivity contribution in [2.24, 2.45) is 0 Å². The highest BCUT2D eigenvalue weighted by molar-refractivity contribution is 9.10. The van der Waals surface area contributed by atoms with Crippen LogP contribution in [0.4, 0.5) is 5.69 Å². The zero-order valence-electron chi connectivity index (χ0n) is 12.3. The van der Waals surface area contributed by atoms with E-state index in [1.54, 1.807) is 23.0 Å². The Morgan fingerprint density at radius 1 is 1.22 bits per heavy atom. The molecule has 116 valence electrons. The second-order valence-corrected chi connectivity index (χ2v) is 6.29. The molecule has 0 aliphatic heterocycles. The summed E-state index contributed by atoms with van der Waals surface area (Å²) in [5.41, 5.74) is 2.74. The highest BCUT2D eigenvalue weighted by Crippen LogP contribution is 2.26. The van der Waals surface area contributed by atoms with Gasteiger partial charge in [0.15, 0.2) is 0 Å². The minimum absolute atomic E-state index is 0.242. The van der Waals surface area contributed by atoms with Gasteiger partial charge in [-0.25, -0.2) is 4.68 Å². The minimum atomic E-state index is -0.242. The molecular weight excluding hydrogens is 378 g/mol. The summed E-state index contributed by atoms with van der Waals surface area (Å²) in [6.07, 6.45) is 1.56. The maximum absolute atomic E-state index is 12.5. The first-order chi connectivity index (χ1) is 11.1. The zero-order chi connectivity index (χ0) is 16.4. The molecule has 0 radical (unpaired) electrons. The predicted octanol–water partition coefficient (Wildman–Crippen LogP) is 4.85. The molecule has 3 rings (SSSR count). The molecule has 0 aliphatic carbocycles. The van der Waals surface area contributed by atoms with Gasteiger partial charge in [-0.15, -0.1) is 0 Å². The van der Waals surface area contributed by atoms with E-state index < -0.39 is 0 Å². The molecule has 3 aromatic rings. The first-order valence-corrected chi connectivity index (χ1v) is 8.10. The van der Waals surface area contributed by atoms with Crippen molar-refractivity contribution in [3.8, 4) is 5.69 Å². The van der Waals surface area contributed by atoms with E-state index in [1.807, 2.05) is 43.3 Å². The molecule has 1 N–H and O–H groups in total. The van der Waals surface area contributed by atoms with Gasteiger partial charge in [0.1, 0.15) is 0 Å². The van der Waals surface area contributed by atoms with Crippen molar-refractivity contribution in [1.29, 1.82) is 0 Å². The van der Waals surface area contributed by atoms with Crippen LogP contribution in [0.1, 0.15) is 16.1 Å². The number of hydrogen-bond donors (Lipinski definition) is 1. The summed E-state index contributed by atoms with van der Waals surface area (Å²) in [7, 11) is 0. The molecule has 1 heterocycles. The van der Waals surface area contributed by atoms with Crippen molar-refractivity contribution in [3.05, 3.63) is 75.5 Å². The van der Waals surface area contributed by atoms with E-state index in [0.717, 1.165) is 15.9 Å². The van der Waals surface area contributed by atoms with Gasteiger partial charge in [0.25, 0.3) is 5.91 Å². The topological polar surface area (TPSA) is 46.9 Å². The number of para-hydroxylation sites is 1. The number of anilines is 1. The largest absolute Gasteiger partial charge is 0.321 e. The summed E-state index contributed by atoms with van der Waals surface area (Å²) in [5.74, 6) is -0.242. The smallest absolute Gasteiger partial charge is 0.259 e. The van der Waals surface area contributed by atoms with Gasteiger partial charge in [-0.1, -0.05) is 45.7 Å². The second-order valence-electron chi connectivity index (χ2n) is 4.97. The van der Waals surface area contributed by atoms with Crippen LogP contribution in [0.2, 0.25) is 5.02 Å². The Labute approximate surface area is 147 Å². The first-order valence-electron chi connectivity index (χ1n) is 6.92. The number of rotatable bonds is 3. The fraction of sp³-hybridized carbons (Fsp3) is 0.0588. The zero-order valence-corrected chi connectivity index (χ0v) is 14.6. The number of halogens is 2. The van der Waals surface area contributed by atoms with E-state index in [-0.39, 0.29) is 5.91 Å². The highest BCUT2D eigenvalue weighted by atomic mass is 79.9. The lowest BCUT2D eigenvalue weighted by molar-refractivity contribution is 0.102. The summed E-state index contributed by atoms with van der Waals surface area (Å²) in [4.78, 5) is 12.5. The molecular formula is C17H13BrClN3O. The van der Waals surface area contributed by atoms with Crippen LogP contribution in [0.3, 0.4) is 0 Å². The second kappa shape index (κ2) is 6.56. The third kappa shape index (κ3) is 3.30. The summed E-state index contributed by atoms with van der Waals surface area (Å²) in [6.45, 7) is 1.86. The Kier molecular flexibility index (Phi) is 4.50. The van der Waals surface area contributed by atoms with Crippen molar-refractivity contribution in [2.75, 3.05) is 5.32 Å². The van der Waals surface area contributed by atoms with Crippen molar-refractivity contribution in [2.45, 2.75) is 6.92 Å². The van der Waals surface area contributed by atoms with Crippen LogP contribution in [0.5, 0.6) is 0 Å². The minimum Gasteiger partial charge on any atom is -0.321 e. The standard InChI is InChI=1S/C17H13BrClN3O/c1-11-14(10-20-22(11)13-5-3-2-4-6-13)17(23)21-16-8-7-12(18)9-15(16)19/h2-10H,1H3,(H,21,23). The van der Waals surface area contributed by atoms with Gasteiger partial charge in [-0.2, -0.15) is 5.10 Å². The molecule has 0 atom stereocenters. The van der Waals surface area contributed by atoms with Crippen LogP contribution in [0, 0.1) is 6.92 Å². The van der Waals surface area contributed by atoms with Crippen LogP contribution in [-0.2, 0) is 0 Å². The van der Waals surface area contributed by atoms with Gasteiger partial charge in [-0.05, 0) is 37.3 Å². The number of benzene rings is 2. The molecule has 2 aromatic carbocycles. The summed E-state index contributed by atoms with van der Waals surface area (Å²) in [6, 6.07) is 15.0. The maximum atomic E-state index is 12.5. The monoisotopic (exact) mass is 389 g/mol. The number of amides is 1. The molecule has 23 heavy (non-hydrogen) atoms. The van der Waals surface area contributed by atoms with Crippen LogP contribution < -0.4 is 5.32 Å². The molecule has 1 aromatic heterocycles. The SMILES string of the molecule is Cc1c(C(=O)Nc2ccc(Br)cc2Cl)cnn1-c1ccccc1. The van der Waals surface area contributed by atoms with Crippen molar-refractivity contribution < 1.29 is 4.79 Å². The van der Waals surface area contributed by atoms with E-state index in [1.165, 1.54) is 0 Å². The normalized spacial score (nSPS) is 10.6. The predicted molar refractivity (Wildman–Crippen MR) is 95.4 cm³/mol. The van der Waals surface area contributed by atoms with Crippen LogP contribution in [0.15, 0.2) is 59.2 Å². The van der Waals surface area contributed by atoms with Crippen LogP contribution in [0.25, 0.3) is 5.69 Å². The van der Waals surface area contributed by atoms with E-state index in [2.05, 4.69) is 26.3 Å². The number of hydrogen-bond acceptors (Lipinski definition) is 2. The molecule has 0 bridgehead atoms. The quantitative estimate of drug-likeness (QED) is 0.695. The fourth-order valence-corrected chi connectivity index (χ4v) is 2.96. The average Bonchev–Trinajstić information content (AvgIpc) is 2.92. The van der Waals surface area contributed by atoms with E-state index in [4.69, 9.17) is 11.6 Å². The average molecular weight is 391 g/mol. The Bertz CT molecular complexity index is 862. The van der Waals surface area contributed by atoms with Crippen molar-refractivity contribution in [3.63, 3.8) is 0 Å². The van der Waals surface area contributed by atoms with Crippen molar-refractivity contribution >= 4 is 39.1 Å². The van der Waals surface area contributed by atoms with Gasteiger partial charge in [0.05, 0.1) is 33.9 Å². The van der Waals surface area contributed by atoms with E-state index in [9.17, 15) is 4.79 Å². The van der Waals surface area contributed by atoms with Gasteiger partial charge in [0.2, 0.25) is 0 Å². The lowest BCUT2D eigenvalue weighted by Gasteiger charge is -2.08. The van der Waals surface area contributed by atoms with Crippen molar-refractivity contribution in [1.82, 2.24) is 9.78 Å². The van der Waals surface area contributed by atoms with E-state index in [0.29, 0.717) is 16.3 Å². The molecule has 0 aliphatic rings. The van der Waals surface area contributed by atoms with Crippen LogP contribution >= 0.6 is 27.5 Å². The molecule has 0 fully saturated rings. The fourth-order valence-electron chi connectivity index (χ4n) is 2.24. The molecule has 0 spiro atoms. The first kappa shape index (κ1) is 15.8. The molecule has 1 amide bonds. The lowest BCUT2D eigenvalue weighted by atomic mass is 10.2. The number of aromatic nitrogens is 2. The third-order valence-corrected chi connectivity index (χ3v) is 4.24. The van der Waals surface area contributed by atoms with Crippen LogP contribution in [-0.4, -0.2) is 15.7 Å². The Balaban J connectivity index is 1.88. The highest BCUT2D eigenvalue weighted by Gasteiger charge is 2.16. The Hall–Kier alpha value is -2.11. The third-order valence-electron chi connectivity index (χ3n) is 3.43. The van der Waals surface area contributed by atoms with Gasteiger partial charge in [-0.3, -0.25) is 4.79 Å².